The molecule has 0 radical (unpaired) electrons. The van der Waals surface area contributed by atoms with Gasteiger partial charge in [0.2, 0.25) is 0 Å². The maximum atomic E-state index is 7.26. The van der Waals surface area contributed by atoms with Gasteiger partial charge in [-0.15, -0.1) is 0 Å². The van der Waals surface area contributed by atoms with Gasteiger partial charge in [0.25, 0.3) is 0 Å². The molecule has 0 fully saturated rings. The summed E-state index contributed by atoms with van der Waals surface area (Å²) in [7, 11) is 0. The Morgan fingerprint density at radius 1 is 1.58 bits per heavy atom. The lowest BCUT2D eigenvalue weighted by molar-refractivity contribution is 1.20. The summed E-state index contributed by atoms with van der Waals surface area (Å²) < 4.78 is 0. The summed E-state index contributed by atoms with van der Waals surface area (Å²) in [5.41, 5.74) is 2.58. The van der Waals surface area contributed by atoms with Crippen LogP contribution in [0.4, 0.5) is 0 Å². The Hall–Kier alpha value is -1.38. The summed E-state index contributed by atoms with van der Waals surface area (Å²) in [6, 6.07) is 0. The SMILES string of the molecule is CC(=N)/C=C(/C)c1ncc(C)[nH]1. The highest BCUT2D eigenvalue weighted by atomic mass is 14.9. The lowest BCUT2D eigenvalue weighted by atomic mass is 10.2. The van der Waals surface area contributed by atoms with Crippen molar-refractivity contribution in [1.29, 1.82) is 5.41 Å². The summed E-state index contributed by atoms with van der Waals surface area (Å²) in [5.74, 6) is 0.846. The lowest BCUT2D eigenvalue weighted by Gasteiger charge is -1.94. The van der Waals surface area contributed by atoms with E-state index in [1.807, 2.05) is 13.8 Å². The topological polar surface area (TPSA) is 52.5 Å². The number of imidazole rings is 1. The molecule has 3 heteroatoms. The fourth-order valence-electron chi connectivity index (χ4n) is 1.01. The highest BCUT2D eigenvalue weighted by Crippen LogP contribution is 2.08. The fraction of sp³-hybridized carbons (Fsp3) is 0.333. The van der Waals surface area contributed by atoms with E-state index in [4.69, 9.17) is 5.41 Å². The van der Waals surface area contributed by atoms with Crippen molar-refractivity contribution in [3.63, 3.8) is 0 Å². The van der Waals surface area contributed by atoms with E-state index in [9.17, 15) is 0 Å². The first-order chi connectivity index (χ1) is 5.59. The van der Waals surface area contributed by atoms with Crippen molar-refractivity contribution in [2.24, 2.45) is 0 Å². The van der Waals surface area contributed by atoms with Crippen LogP contribution in [0.3, 0.4) is 0 Å². The summed E-state index contributed by atoms with van der Waals surface area (Å²) >= 11 is 0. The van der Waals surface area contributed by atoms with Gasteiger partial charge in [0, 0.05) is 17.6 Å². The van der Waals surface area contributed by atoms with Gasteiger partial charge >= 0.3 is 0 Å². The van der Waals surface area contributed by atoms with Gasteiger partial charge in [-0.3, -0.25) is 0 Å². The predicted octanol–water partition coefficient (Wildman–Crippen LogP) is 2.16. The van der Waals surface area contributed by atoms with E-state index in [0.717, 1.165) is 17.1 Å². The Balaban J connectivity index is 2.91. The third-order valence-electron chi connectivity index (χ3n) is 1.51. The molecule has 1 aromatic rings. The molecular weight excluding hydrogens is 150 g/mol. The molecule has 3 nitrogen and oxygen atoms in total. The van der Waals surface area contributed by atoms with Gasteiger partial charge < -0.3 is 10.4 Å². The molecule has 0 aliphatic carbocycles. The molecule has 0 saturated heterocycles. The average Bonchev–Trinajstić information content (AvgIpc) is 2.34. The molecule has 0 atom stereocenters. The monoisotopic (exact) mass is 163 g/mol. The van der Waals surface area contributed by atoms with Crippen LogP contribution in [0.25, 0.3) is 5.57 Å². The minimum Gasteiger partial charge on any atom is -0.342 e. The largest absolute Gasteiger partial charge is 0.342 e. The van der Waals surface area contributed by atoms with Crippen LogP contribution in [0.5, 0.6) is 0 Å². The van der Waals surface area contributed by atoms with E-state index < -0.39 is 0 Å². The molecule has 0 unspecified atom stereocenters. The Labute approximate surface area is 72.0 Å². The van der Waals surface area contributed by atoms with Crippen molar-refractivity contribution in [2.45, 2.75) is 20.8 Å². The predicted molar refractivity (Wildman–Crippen MR) is 50.4 cm³/mol. The molecule has 12 heavy (non-hydrogen) atoms. The van der Waals surface area contributed by atoms with Crippen molar-refractivity contribution in [3.05, 3.63) is 23.8 Å². The van der Waals surface area contributed by atoms with Gasteiger partial charge in [0.05, 0.1) is 0 Å². The van der Waals surface area contributed by atoms with Gasteiger partial charge in [-0.25, -0.2) is 4.98 Å². The highest BCUT2D eigenvalue weighted by molar-refractivity contribution is 5.96. The van der Waals surface area contributed by atoms with Crippen molar-refractivity contribution < 1.29 is 0 Å². The molecule has 64 valence electrons. The molecule has 1 heterocycles. The number of H-pyrrole nitrogens is 1. The van der Waals surface area contributed by atoms with Crippen LogP contribution in [0.15, 0.2) is 12.3 Å². The van der Waals surface area contributed by atoms with E-state index in [1.165, 1.54) is 0 Å². The standard InChI is InChI=1S/C9H13N3/c1-6(4-7(2)10)9-11-5-8(3)12-9/h4-5,10H,1-3H3,(H,11,12)/b6-4-,10-7?. The molecular formula is C9H13N3. The summed E-state index contributed by atoms with van der Waals surface area (Å²) in [4.78, 5) is 7.25. The maximum absolute atomic E-state index is 7.26. The van der Waals surface area contributed by atoms with Crippen molar-refractivity contribution >= 4 is 11.3 Å². The average molecular weight is 163 g/mol. The first-order valence-electron chi connectivity index (χ1n) is 3.85. The quantitative estimate of drug-likeness (QED) is 0.645. The zero-order valence-corrected chi connectivity index (χ0v) is 7.60. The van der Waals surface area contributed by atoms with Gasteiger partial charge in [-0.1, -0.05) is 0 Å². The molecule has 1 aromatic heterocycles. The number of aromatic amines is 1. The Bertz CT molecular complexity index is 320. The first-order valence-corrected chi connectivity index (χ1v) is 3.85. The zero-order valence-electron chi connectivity index (χ0n) is 7.60. The number of aromatic nitrogens is 2. The number of rotatable bonds is 2. The summed E-state index contributed by atoms with van der Waals surface area (Å²) in [5, 5.41) is 7.26. The van der Waals surface area contributed by atoms with Gasteiger partial charge in [-0.2, -0.15) is 0 Å². The Morgan fingerprint density at radius 3 is 2.67 bits per heavy atom. The number of nitrogens with zero attached hydrogens (tertiary/aromatic N) is 1. The zero-order chi connectivity index (χ0) is 9.14. The van der Waals surface area contributed by atoms with Crippen LogP contribution in [-0.4, -0.2) is 15.7 Å². The van der Waals surface area contributed by atoms with E-state index in [-0.39, 0.29) is 0 Å². The van der Waals surface area contributed by atoms with Crippen LogP contribution in [0.2, 0.25) is 0 Å². The van der Waals surface area contributed by atoms with Gasteiger partial charge in [-0.05, 0) is 32.4 Å². The van der Waals surface area contributed by atoms with Crippen LogP contribution >= 0.6 is 0 Å². The molecule has 0 aliphatic rings. The molecule has 0 bridgehead atoms. The second kappa shape index (κ2) is 3.34. The van der Waals surface area contributed by atoms with Crippen LogP contribution < -0.4 is 0 Å². The van der Waals surface area contributed by atoms with Crippen molar-refractivity contribution in [3.8, 4) is 0 Å². The molecule has 0 spiro atoms. The number of allylic oxidation sites excluding steroid dienone is 2. The van der Waals surface area contributed by atoms with Crippen LogP contribution in [-0.2, 0) is 0 Å². The minimum atomic E-state index is 0.543. The third kappa shape index (κ3) is 2.05. The fourth-order valence-corrected chi connectivity index (χ4v) is 1.01. The third-order valence-corrected chi connectivity index (χ3v) is 1.51. The normalized spacial score (nSPS) is 11.8. The summed E-state index contributed by atoms with van der Waals surface area (Å²) in [6.07, 6.45) is 3.57. The number of hydrogen-bond donors (Lipinski definition) is 2. The van der Waals surface area contributed by atoms with E-state index in [2.05, 4.69) is 9.97 Å². The molecule has 0 amide bonds. The van der Waals surface area contributed by atoms with Crippen LogP contribution in [0, 0.1) is 12.3 Å². The Morgan fingerprint density at radius 2 is 2.25 bits per heavy atom. The smallest absolute Gasteiger partial charge is 0.133 e. The van der Waals surface area contributed by atoms with E-state index in [0.29, 0.717) is 5.71 Å². The molecule has 0 aliphatic heterocycles. The summed E-state index contributed by atoms with van der Waals surface area (Å²) in [6.45, 7) is 5.65. The maximum Gasteiger partial charge on any atom is 0.133 e. The highest BCUT2D eigenvalue weighted by Gasteiger charge is 1.98. The first kappa shape index (κ1) is 8.71. The van der Waals surface area contributed by atoms with E-state index >= 15 is 0 Å². The van der Waals surface area contributed by atoms with Crippen LogP contribution in [0.1, 0.15) is 25.4 Å². The second-order valence-electron chi connectivity index (χ2n) is 2.93. The Kier molecular flexibility index (Phi) is 2.43. The number of hydrogen-bond acceptors (Lipinski definition) is 2. The molecule has 0 aromatic carbocycles. The van der Waals surface area contributed by atoms with Crippen molar-refractivity contribution in [2.75, 3.05) is 0 Å². The second-order valence-corrected chi connectivity index (χ2v) is 2.93. The number of nitrogens with one attached hydrogen (secondary N) is 2. The molecule has 1 rings (SSSR count). The molecule has 0 saturated carbocycles. The van der Waals surface area contributed by atoms with Gasteiger partial charge in [0.15, 0.2) is 0 Å². The molecule has 2 N–H and O–H groups in total. The lowest BCUT2D eigenvalue weighted by Crippen LogP contribution is -1.87. The minimum absolute atomic E-state index is 0.543. The van der Waals surface area contributed by atoms with Crippen molar-refractivity contribution in [1.82, 2.24) is 9.97 Å². The number of aryl methyl sites for hydroxylation is 1. The van der Waals surface area contributed by atoms with Gasteiger partial charge in [0.1, 0.15) is 5.82 Å². The van der Waals surface area contributed by atoms with E-state index in [1.54, 1.807) is 19.2 Å².